The number of methoxy groups -OCH3 is 1. The summed E-state index contributed by atoms with van der Waals surface area (Å²) in [4.78, 5) is 15.7. The molecule has 0 spiro atoms. The molecule has 1 N–H and O–H groups in total. The summed E-state index contributed by atoms with van der Waals surface area (Å²) in [7, 11) is 1.40. The van der Waals surface area contributed by atoms with Crippen LogP contribution in [-0.4, -0.2) is 24.6 Å². The Balaban J connectivity index is 2.92. The third kappa shape index (κ3) is 3.03. The van der Waals surface area contributed by atoms with Gasteiger partial charge in [-0.25, -0.2) is 0 Å². The Morgan fingerprint density at radius 2 is 2.31 bits per heavy atom. The first-order chi connectivity index (χ1) is 7.62. The molecule has 0 saturated heterocycles. The zero-order valence-electron chi connectivity index (χ0n) is 9.99. The Morgan fingerprint density at radius 3 is 2.81 bits per heavy atom. The van der Waals surface area contributed by atoms with Gasteiger partial charge in [-0.15, -0.1) is 0 Å². The van der Waals surface area contributed by atoms with Crippen molar-refractivity contribution in [2.24, 2.45) is 0 Å². The second-order valence-electron chi connectivity index (χ2n) is 3.83. The van der Waals surface area contributed by atoms with Crippen LogP contribution in [0.1, 0.15) is 26.0 Å². The molecule has 1 unspecified atom stereocenters. The average molecular weight is 222 g/mol. The van der Waals surface area contributed by atoms with Crippen molar-refractivity contribution in [3.63, 3.8) is 0 Å². The van der Waals surface area contributed by atoms with E-state index in [1.807, 2.05) is 32.0 Å². The van der Waals surface area contributed by atoms with E-state index in [0.29, 0.717) is 0 Å². The molecule has 0 fully saturated rings. The Hall–Kier alpha value is -1.42. The molecule has 0 aliphatic carbocycles. The van der Waals surface area contributed by atoms with Crippen molar-refractivity contribution in [3.8, 4) is 0 Å². The number of carbonyl (C=O) groups excluding carboxylic acids is 1. The molecule has 1 heterocycles. The van der Waals surface area contributed by atoms with E-state index in [0.717, 1.165) is 12.2 Å². The summed E-state index contributed by atoms with van der Waals surface area (Å²) >= 11 is 0. The highest BCUT2D eigenvalue weighted by Crippen LogP contribution is 2.22. The van der Waals surface area contributed by atoms with Crippen molar-refractivity contribution in [1.29, 1.82) is 0 Å². The summed E-state index contributed by atoms with van der Waals surface area (Å²) in [5, 5.41) is 3.28. The molecule has 4 nitrogen and oxygen atoms in total. The molecule has 1 rings (SSSR count). The normalized spacial score (nSPS) is 14.2. The molecule has 1 aromatic heterocycles. The smallest absolute Gasteiger partial charge is 0.307 e. The van der Waals surface area contributed by atoms with E-state index in [-0.39, 0.29) is 12.4 Å². The molecule has 88 valence electrons. The Labute approximate surface area is 96.0 Å². The van der Waals surface area contributed by atoms with Gasteiger partial charge in [0.05, 0.1) is 24.8 Å². The molecule has 0 bridgehead atoms. The minimum absolute atomic E-state index is 0.242. The van der Waals surface area contributed by atoms with Crippen LogP contribution >= 0.6 is 0 Å². The van der Waals surface area contributed by atoms with Gasteiger partial charge in [0.15, 0.2) is 0 Å². The SMILES string of the molecule is CCNC(C)(CC(=O)OC)c1ccccn1. The molecule has 0 aliphatic rings. The lowest BCUT2D eigenvalue weighted by atomic mass is 9.93. The van der Waals surface area contributed by atoms with Gasteiger partial charge in [0.1, 0.15) is 0 Å². The first-order valence-corrected chi connectivity index (χ1v) is 5.35. The minimum Gasteiger partial charge on any atom is -0.469 e. The van der Waals surface area contributed by atoms with Gasteiger partial charge in [-0.05, 0) is 25.6 Å². The molecular formula is C12H18N2O2. The van der Waals surface area contributed by atoms with Crippen LogP contribution in [0.2, 0.25) is 0 Å². The van der Waals surface area contributed by atoms with E-state index in [4.69, 9.17) is 4.74 Å². The first-order valence-electron chi connectivity index (χ1n) is 5.35. The maximum atomic E-state index is 11.4. The predicted molar refractivity (Wildman–Crippen MR) is 61.9 cm³/mol. The van der Waals surface area contributed by atoms with Crippen molar-refractivity contribution >= 4 is 5.97 Å². The number of ether oxygens (including phenoxy) is 1. The van der Waals surface area contributed by atoms with Crippen LogP contribution in [0.15, 0.2) is 24.4 Å². The minimum atomic E-state index is -0.469. The summed E-state index contributed by atoms with van der Waals surface area (Å²) in [5.74, 6) is -0.242. The monoisotopic (exact) mass is 222 g/mol. The molecular weight excluding hydrogens is 204 g/mol. The Kier molecular flexibility index (Phi) is 4.43. The van der Waals surface area contributed by atoms with Gasteiger partial charge >= 0.3 is 5.97 Å². The van der Waals surface area contributed by atoms with Crippen LogP contribution in [-0.2, 0) is 15.1 Å². The number of aromatic nitrogens is 1. The summed E-state index contributed by atoms with van der Waals surface area (Å²) in [5.41, 5.74) is 0.380. The van der Waals surface area contributed by atoms with Crippen LogP contribution in [0.5, 0.6) is 0 Å². The van der Waals surface area contributed by atoms with Gasteiger partial charge in [0, 0.05) is 6.20 Å². The third-order valence-electron chi connectivity index (χ3n) is 2.52. The van der Waals surface area contributed by atoms with E-state index >= 15 is 0 Å². The zero-order valence-corrected chi connectivity index (χ0v) is 9.99. The van der Waals surface area contributed by atoms with Crippen LogP contribution < -0.4 is 5.32 Å². The molecule has 1 aromatic rings. The van der Waals surface area contributed by atoms with Crippen LogP contribution in [0.4, 0.5) is 0 Å². The predicted octanol–water partition coefficient (Wildman–Crippen LogP) is 1.47. The molecule has 0 amide bonds. The summed E-state index contributed by atoms with van der Waals surface area (Å²) in [6.07, 6.45) is 2.00. The van der Waals surface area contributed by atoms with Gasteiger partial charge in [-0.2, -0.15) is 0 Å². The Morgan fingerprint density at radius 1 is 1.56 bits per heavy atom. The molecule has 0 radical (unpaired) electrons. The van der Waals surface area contributed by atoms with Crippen molar-refractivity contribution in [3.05, 3.63) is 30.1 Å². The zero-order chi connectivity index (χ0) is 12.0. The fraction of sp³-hybridized carbons (Fsp3) is 0.500. The lowest BCUT2D eigenvalue weighted by molar-refractivity contribution is -0.142. The lowest BCUT2D eigenvalue weighted by Crippen LogP contribution is -2.42. The van der Waals surface area contributed by atoms with Gasteiger partial charge in [-0.3, -0.25) is 9.78 Å². The number of nitrogens with zero attached hydrogens (tertiary/aromatic N) is 1. The van der Waals surface area contributed by atoms with E-state index < -0.39 is 5.54 Å². The van der Waals surface area contributed by atoms with Crippen LogP contribution in [0, 0.1) is 0 Å². The van der Waals surface area contributed by atoms with Crippen molar-refractivity contribution in [1.82, 2.24) is 10.3 Å². The van der Waals surface area contributed by atoms with E-state index in [2.05, 4.69) is 10.3 Å². The van der Waals surface area contributed by atoms with Gasteiger partial charge in [0.2, 0.25) is 0 Å². The molecule has 4 heteroatoms. The number of esters is 1. The largest absolute Gasteiger partial charge is 0.469 e. The molecule has 16 heavy (non-hydrogen) atoms. The van der Waals surface area contributed by atoms with E-state index in [1.165, 1.54) is 7.11 Å². The number of hydrogen-bond acceptors (Lipinski definition) is 4. The number of pyridine rings is 1. The van der Waals surface area contributed by atoms with Gasteiger partial charge in [0.25, 0.3) is 0 Å². The van der Waals surface area contributed by atoms with E-state index in [9.17, 15) is 4.79 Å². The summed E-state index contributed by atoms with van der Waals surface area (Å²) in [6.45, 7) is 4.72. The number of rotatable bonds is 5. The van der Waals surface area contributed by atoms with Crippen LogP contribution in [0.3, 0.4) is 0 Å². The van der Waals surface area contributed by atoms with Gasteiger partial charge < -0.3 is 10.1 Å². The summed E-state index contributed by atoms with van der Waals surface area (Å²) in [6, 6.07) is 5.68. The van der Waals surface area contributed by atoms with Crippen molar-refractivity contribution < 1.29 is 9.53 Å². The lowest BCUT2D eigenvalue weighted by Gasteiger charge is -2.28. The second-order valence-corrected chi connectivity index (χ2v) is 3.83. The van der Waals surface area contributed by atoms with Crippen molar-refractivity contribution in [2.75, 3.05) is 13.7 Å². The third-order valence-corrected chi connectivity index (χ3v) is 2.52. The first kappa shape index (κ1) is 12.6. The average Bonchev–Trinajstić information content (AvgIpc) is 2.30. The molecule has 0 aromatic carbocycles. The maximum absolute atomic E-state index is 11.4. The molecule has 0 aliphatic heterocycles. The summed E-state index contributed by atoms with van der Waals surface area (Å²) < 4.78 is 4.71. The number of carbonyl (C=O) groups is 1. The standard InChI is InChI=1S/C12H18N2O2/c1-4-14-12(2,9-11(15)16-3)10-7-5-6-8-13-10/h5-8,14H,4,9H2,1-3H3. The highest BCUT2D eigenvalue weighted by atomic mass is 16.5. The van der Waals surface area contributed by atoms with E-state index in [1.54, 1.807) is 6.20 Å². The van der Waals surface area contributed by atoms with Crippen molar-refractivity contribution in [2.45, 2.75) is 25.8 Å². The molecule has 1 atom stereocenters. The molecule has 0 saturated carbocycles. The second kappa shape index (κ2) is 5.61. The highest BCUT2D eigenvalue weighted by molar-refractivity contribution is 5.71. The maximum Gasteiger partial charge on any atom is 0.307 e. The fourth-order valence-corrected chi connectivity index (χ4v) is 1.68. The highest BCUT2D eigenvalue weighted by Gasteiger charge is 2.30. The fourth-order valence-electron chi connectivity index (χ4n) is 1.68. The van der Waals surface area contributed by atoms with Crippen LogP contribution in [0.25, 0.3) is 0 Å². The van der Waals surface area contributed by atoms with Gasteiger partial charge in [-0.1, -0.05) is 13.0 Å². The topological polar surface area (TPSA) is 51.2 Å². The Bertz CT molecular complexity index is 340. The number of nitrogens with one attached hydrogen (secondary N) is 1. The quantitative estimate of drug-likeness (QED) is 0.766. The number of hydrogen-bond donors (Lipinski definition) is 1.